The summed E-state index contributed by atoms with van der Waals surface area (Å²) in [5.41, 5.74) is 0.476. The number of benzene rings is 1. The van der Waals surface area contributed by atoms with Crippen molar-refractivity contribution in [2.45, 2.75) is 18.9 Å². The van der Waals surface area contributed by atoms with Crippen molar-refractivity contribution >= 4 is 33.9 Å². The number of hydrogen-bond donors (Lipinski definition) is 0. The summed E-state index contributed by atoms with van der Waals surface area (Å²) in [5.74, 6) is 0.363. The Kier molecular flexibility index (Phi) is 6.47. The van der Waals surface area contributed by atoms with E-state index in [-0.39, 0.29) is 12.0 Å². The molecular weight excluding hydrogens is 406 g/mol. The largest absolute Gasteiger partial charge is 0.489 e. The molecule has 0 bridgehead atoms. The Morgan fingerprint density at radius 1 is 1.14 bits per heavy atom. The van der Waals surface area contributed by atoms with E-state index < -0.39 is 10.0 Å². The number of amides is 2. The molecule has 8 nitrogen and oxygen atoms in total. The lowest BCUT2D eigenvalue weighted by atomic mass is 10.1. The van der Waals surface area contributed by atoms with Crippen LogP contribution in [0.5, 0.6) is 5.75 Å². The van der Waals surface area contributed by atoms with Crippen LogP contribution >= 0.6 is 11.6 Å². The molecule has 3 rings (SSSR count). The van der Waals surface area contributed by atoms with Gasteiger partial charge >= 0.3 is 0 Å². The zero-order valence-corrected chi connectivity index (χ0v) is 17.3. The minimum atomic E-state index is -3.17. The highest BCUT2D eigenvalue weighted by Gasteiger charge is 2.27. The Labute approximate surface area is 170 Å². The van der Waals surface area contributed by atoms with E-state index in [0.717, 1.165) is 6.41 Å². The first kappa shape index (κ1) is 20.9. The molecule has 0 unspecified atom stereocenters. The lowest BCUT2D eigenvalue weighted by Gasteiger charge is -2.32. The summed E-state index contributed by atoms with van der Waals surface area (Å²) in [6, 6.07) is 4.96. The first-order chi connectivity index (χ1) is 13.3. The molecule has 2 heterocycles. The summed E-state index contributed by atoms with van der Waals surface area (Å²) >= 11 is 6.32. The summed E-state index contributed by atoms with van der Waals surface area (Å²) in [4.78, 5) is 26.8. The van der Waals surface area contributed by atoms with Gasteiger partial charge in [-0.2, -0.15) is 0 Å². The first-order valence-electron chi connectivity index (χ1n) is 9.18. The third-order valence-corrected chi connectivity index (χ3v) is 6.69. The quantitative estimate of drug-likeness (QED) is 0.653. The van der Waals surface area contributed by atoms with Crippen molar-refractivity contribution in [3.8, 4) is 5.75 Å². The monoisotopic (exact) mass is 429 g/mol. The first-order valence-corrected chi connectivity index (χ1v) is 11.4. The standard InChI is InChI=1S/C18H24ClN3O5S/c1-28(25,26)22-6-4-15(5-7-22)27-17-3-2-14(12-16(17)19)18(24)21-10-8-20(13-23)9-11-21/h2-3,12-13,15H,4-11H2,1H3. The van der Waals surface area contributed by atoms with Gasteiger partial charge in [-0.05, 0) is 31.0 Å². The zero-order valence-electron chi connectivity index (χ0n) is 15.7. The molecule has 0 N–H and O–H groups in total. The SMILES string of the molecule is CS(=O)(=O)N1CCC(Oc2ccc(C(=O)N3CCN(C=O)CC3)cc2Cl)CC1. The molecular formula is C18H24ClN3O5S. The number of carbonyl (C=O) groups excluding carboxylic acids is 2. The van der Waals surface area contributed by atoms with Gasteiger partial charge in [-0.15, -0.1) is 0 Å². The van der Waals surface area contributed by atoms with E-state index in [1.54, 1.807) is 28.0 Å². The van der Waals surface area contributed by atoms with E-state index in [9.17, 15) is 18.0 Å². The molecule has 10 heteroatoms. The molecule has 0 spiro atoms. The van der Waals surface area contributed by atoms with Crippen LogP contribution in [0.25, 0.3) is 0 Å². The van der Waals surface area contributed by atoms with Crippen LogP contribution < -0.4 is 4.74 Å². The Balaban J connectivity index is 1.59. The Hall–Kier alpha value is -1.84. The van der Waals surface area contributed by atoms with E-state index in [1.807, 2.05) is 0 Å². The van der Waals surface area contributed by atoms with Gasteiger partial charge in [0.2, 0.25) is 16.4 Å². The lowest BCUT2D eigenvalue weighted by molar-refractivity contribution is -0.119. The fourth-order valence-electron chi connectivity index (χ4n) is 3.40. The molecule has 1 aromatic carbocycles. The number of piperidine rings is 1. The summed E-state index contributed by atoms with van der Waals surface area (Å²) in [7, 11) is -3.17. The van der Waals surface area contributed by atoms with Crippen molar-refractivity contribution in [1.29, 1.82) is 0 Å². The Bertz CT molecular complexity index is 832. The average molecular weight is 430 g/mol. The van der Waals surface area contributed by atoms with Crippen molar-refractivity contribution in [3.05, 3.63) is 28.8 Å². The van der Waals surface area contributed by atoms with E-state index in [4.69, 9.17) is 16.3 Å². The third kappa shape index (κ3) is 4.95. The number of halogens is 1. The van der Waals surface area contributed by atoms with Crippen LogP contribution in [0.3, 0.4) is 0 Å². The van der Waals surface area contributed by atoms with Crippen molar-refractivity contribution in [2.24, 2.45) is 0 Å². The highest BCUT2D eigenvalue weighted by atomic mass is 35.5. The van der Waals surface area contributed by atoms with Crippen molar-refractivity contribution in [3.63, 3.8) is 0 Å². The third-order valence-electron chi connectivity index (χ3n) is 5.09. The van der Waals surface area contributed by atoms with Gasteiger partial charge in [-0.3, -0.25) is 9.59 Å². The summed E-state index contributed by atoms with van der Waals surface area (Å²) < 4.78 is 30.5. The van der Waals surface area contributed by atoms with Gasteiger partial charge in [0, 0.05) is 44.8 Å². The fraction of sp³-hybridized carbons (Fsp3) is 0.556. The number of carbonyl (C=O) groups is 2. The van der Waals surface area contributed by atoms with E-state index in [0.29, 0.717) is 68.4 Å². The Morgan fingerprint density at radius 3 is 2.32 bits per heavy atom. The molecule has 2 aliphatic rings. The molecule has 0 aromatic heterocycles. The van der Waals surface area contributed by atoms with E-state index >= 15 is 0 Å². The molecule has 28 heavy (non-hydrogen) atoms. The van der Waals surface area contributed by atoms with Gasteiger partial charge in [0.1, 0.15) is 11.9 Å². The maximum atomic E-state index is 12.6. The highest BCUT2D eigenvalue weighted by molar-refractivity contribution is 7.88. The van der Waals surface area contributed by atoms with Crippen LogP contribution in [0.4, 0.5) is 0 Å². The number of sulfonamides is 1. The van der Waals surface area contributed by atoms with Gasteiger partial charge in [0.05, 0.1) is 11.3 Å². The second-order valence-corrected chi connectivity index (χ2v) is 9.45. The Morgan fingerprint density at radius 2 is 1.79 bits per heavy atom. The maximum absolute atomic E-state index is 12.6. The number of ether oxygens (including phenoxy) is 1. The minimum absolute atomic E-state index is 0.117. The molecule has 0 saturated carbocycles. The predicted octanol–water partition coefficient (Wildman–Crippen LogP) is 1.06. The van der Waals surface area contributed by atoms with Crippen LogP contribution in [0.2, 0.25) is 5.02 Å². The number of hydrogen-bond acceptors (Lipinski definition) is 5. The topological polar surface area (TPSA) is 87.2 Å². The van der Waals surface area contributed by atoms with Crippen LogP contribution in [-0.2, 0) is 14.8 Å². The molecule has 1 aromatic rings. The molecule has 0 atom stereocenters. The molecule has 2 fully saturated rings. The minimum Gasteiger partial charge on any atom is -0.489 e. The van der Waals surface area contributed by atoms with Gasteiger partial charge in [0.15, 0.2) is 0 Å². The molecule has 2 saturated heterocycles. The number of nitrogens with zero attached hydrogens (tertiary/aromatic N) is 3. The van der Waals surface area contributed by atoms with Crippen LogP contribution in [-0.4, -0.2) is 86.5 Å². The van der Waals surface area contributed by atoms with Gasteiger partial charge < -0.3 is 14.5 Å². The average Bonchev–Trinajstić information content (AvgIpc) is 2.69. The van der Waals surface area contributed by atoms with Gasteiger partial charge in [-0.1, -0.05) is 11.6 Å². The zero-order chi connectivity index (χ0) is 20.3. The summed E-state index contributed by atoms with van der Waals surface area (Å²) in [5, 5.41) is 0.350. The predicted molar refractivity (Wildman–Crippen MR) is 105 cm³/mol. The molecule has 0 radical (unpaired) electrons. The smallest absolute Gasteiger partial charge is 0.254 e. The fourth-order valence-corrected chi connectivity index (χ4v) is 4.50. The second kappa shape index (κ2) is 8.67. The highest BCUT2D eigenvalue weighted by Crippen LogP contribution is 2.29. The molecule has 0 aliphatic carbocycles. The van der Waals surface area contributed by atoms with E-state index in [1.165, 1.54) is 10.6 Å². The summed E-state index contributed by atoms with van der Waals surface area (Å²) in [6.45, 7) is 2.88. The number of rotatable bonds is 5. The summed E-state index contributed by atoms with van der Waals surface area (Å²) in [6.07, 6.45) is 3.06. The van der Waals surface area contributed by atoms with Crippen LogP contribution in [0, 0.1) is 0 Å². The second-order valence-electron chi connectivity index (χ2n) is 7.06. The maximum Gasteiger partial charge on any atom is 0.254 e. The van der Waals surface area contributed by atoms with Crippen LogP contribution in [0.1, 0.15) is 23.2 Å². The lowest BCUT2D eigenvalue weighted by Crippen LogP contribution is -2.48. The van der Waals surface area contributed by atoms with Crippen molar-refractivity contribution in [1.82, 2.24) is 14.1 Å². The normalized spacial score (nSPS) is 19.5. The number of piperazine rings is 1. The molecule has 2 aliphatic heterocycles. The van der Waals surface area contributed by atoms with Crippen LogP contribution in [0.15, 0.2) is 18.2 Å². The van der Waals surface area contributed by atoms with Crippen molar-refractivity contribution in [2.75, 3.05) is 45.5 Å². The van der Waals surface area contributed by atoms with E-state index in [2.05, 4.69) is 0 Å². The molecule has 154 valence electrons. The van der Waals surface area contributed by atoms with Crippen molar-refractivity contribution < 1.29 is 22.7 Å². The molecule has 2 amide bonds. The van der Waals surface area contributed by atoms with Gasteiger partial charge in [-0.25, -0.2) is 12.7 Å². The van der Waals surface area contributed by atoms with Gasteiger partial charge in [0.25, 0.3) is 5.91 Å².